The number of hydrogen-bond donors (Lipinski definition) is 1. The zero-order chi connectivity index (χ0) is 14.6. The molecule has 1 aromatic rings. The van der Waals surface area contributed by atoms with Crippen molar-refractivity contribution in [3.8, 4) is 12.1 Å². The maximum Gasteiger partial charge on any atom is 0.299 e. The molecule has 19 heavy (non-hydrogen) atoms. The molecule has 0 bridgehead atoms. The van der Waals surface area contributed by atoms with E-state index in [2.05, 4.69) is 53.1 Å². The van der Waals surface area contributed by atoms with Gasteiger partial charge in [0.1, 0.15) is 22.2 Å². The Balaban J connectivity index is 3.35. The average Bonchev–Trinajstić information content (AvgIpc) is 2.32. The normalized spacial score (nSPS) is 9.11. The van der Waals surface area contributed by atoms with Crippen molar-refractivity contribution in [1.29, 1.82) is 10.5 Å². The Morgan fingerprint density at radius 3 is 2.37 bits per heavy atom. The van der Waals surface area contributed by atoms with Crippen LogP contribution in [0.15, 0.2) is 31.3 Å². The van der Waals surface area contributed by atoms with E-state index in [1.807, 2.05) is 0 Å². The van der Waals surface area contributed by atoms with Gasteiger partial charge in [-0.15, -0.1) is 0 Å². The number of hydrogen-bond acceptors (Lipinski definition) is 5. The molecule has 0 aromatic heterocycles. The molecule has 1 aromatic carbocycles. The van der Waals surface area contributed by atoms with Gasteiger partial charge >= 0.3 is 0 Å². The predicted molar refractivity (Wildman–Crippen MR) is 79.1 cm³/mol. The van der Waals surface area contributed by atoms with E-state index in [9.17, 15) is 10.1 Å². The number of allylic oxidation sites excluding steroid dienone is 1. The van der Waals surface area contributed by atoms with Crippen LogP contribution in [-0.2, 0) is 0 Å². The Morgan fingerprint density at radius 2 is 1.89 bits per heavy atom. The second kappa shape index (κ2) is 6.66. The van der Waals surface area contributed by atoms with E-state index in [0.29, 0.717) is 14.6 Å². The Kier molecular flexibility index (Phi) is 5.48. The maximum atomic E-state index is 10.9. The van der Waals surface area contributed by atoms with Crippen LogP contribution in [-0.4, -0.2) is 4.92 Å². The number of nitro benzene ring substituents is 1. The van der Waals surface area contributed by atoms with Crippen molar-refractivity contribution in [2.24, 2.45) is 0 Å². The highest BCUT2D eigenvalue weighted by Gasteiger charge is 2.22. The van der Waals surface area contributed by atoms with Crippen LogP contribution in [0.25, 0.3) is 0 Å². The monoisotopic (exact) mass is 448 g/mol. The third kappa shape index (κ3) is 3.53. The molecule has 0 spiro atoms. The quantitative estimate of drug-likeness (QED) is 0.422. The first kappa shape index (κ1) is 15.6. The minimum Gasteiger partial charge on any atom is -0.358 e. The molecular formula is C10H3Br3N4O2. The van der Waals surface area contributed by atoms with Crippen molar-refractivity contribution in [1.82, 2.24) is 0 Å². The molecule has 1 N–H and O–H groups in total. The van der Waals surface area contributed by atoms with E-state index in [-0.39, 0.29) is 15.7 Å². The minimum absolute atomic E-state index is 0.149. The van der Waals surface area contributed by atoms with Crippen LogP contribution >= 0.6 is 47.8 Å². The van der Waals surface area contributed by atoms with Gasteiger partial charge in [0.05, 0.1) is 15.1 Å². The SMILES string of the molecule is N#CC(C#N)=CNc1c(Br)cc(Br)c([N+](=O)[O-])c1Br. The number of nitro groups is 1. The van der Waals surface area contributed by atoms with Crippen molar-refractivity contribution in [2.45, 2.75) is 0 Å². The Morgan fingerprint density at radius 1 is 1.32 bits per heavy atom. The van der Waals surface area contributed by atoms with E-state index in [1.54, 1.807) is 12.1 Å². The van der Waals surface area contributed by atoms with Crippen molar-refractivity contribution in [2.75, 3.05) is 5.32 Å². The Bertz CT molecular complexity index is 642. The Labute approximate surface area is 133 Å². The van der Waals surface area contributed by atoms with E-state index >= 15 is 0 Å². The lowest BCUT2D eigenvalue weighted by atomic mass is 10.2. The Hall–Kier alpha value is -1.42. The molecule has 9 heteroatoms. The lowest BCUT2D eigenvalue weighted by molar-refractivity contribution is -0.386. The fraction of sp³-hybridized carbons (Fsp3) is 0. The standard InChI is InChI=1S/C10H3Br3N4O2/c11-6-1-7(12)10(17(18)19)8(13)9(6)16-4-5(2-14)3-15/h1,4,16H. The van der Waals surface area contributed by atoms with Gasteiger partial charge in [-0.2, -0.15) is 10.5 Å². The summed E-state index contributed by atoms with van der Waals surface area (Å²) in [5, 5.41) is 30.8. The third-order valence-electron chi connectivity index (χ3n) is 1.93. The van der Waals surface area contributed by atoms with Gasteiger partial charge < -0.3 is 5.32 Å². The van der Waals surface area contributed by atoms with E-state index < -0.39 is 4.92 Å². The fourth-order valence-electron chi connectivity index (χ4n) is 1.11. The number of nitrogens with zero attached hydrogens (tertiary/aromatic N) is 3. The number of nitrogens with one attached hydrogen (secondary N) is 1. The molecule has 0 radical (unpaired) electrons. The lowest BCUT2D eigenvalue weighted by Crippen LogP contribution is -1.98. The van der Waals surface area contributed by atoms with Crippen molar-refractivity contribution < 1.29 is 4.92 Å². The predicted octanol–water partition coefficient (Wildman–Crippen LogP) is 4.23. The van der Waals surface area contributed by atoms with Crippen LogP contribution in [0.2, 0.25) is 0 Å². The first-order valence-corrected chi connectivity index (χ1v) is 6.89. The van der Waals surface area contributed by atoms with Gasteiger partial charge in [-0.25, -0.2) is 0 Å². The first-order chi connectivity index (χ1) is 8.92. The number of benzene rings is 1. The highest BCUT2D eigenvalue weighted by molar-refractivity contribution is 9.11. The number of nitriles is 2. The van der Waals surface area contributed by atoms with Crippen LogP contribution in [0, 0.1) is 32.8 Å². The summed E-state index contributed by atoms with van der Waals surface area (Å²) in [5.41, 5.74) is 0.0387. The second-order valence-corrected chi connectivity index (χ2v) is 5.56. The van der Waals surface area contributed by atoms with Gasteiger partial charge in [-0.1, -0.05) is 0 Å². The molecule has 96 valence electrons. The largest absolute Gasteiger partial charge is 0.358 e. The molecule has 0 aliphatic carbocycles. The number of halogens is 3. The van der Waals surface area contributed by atoms with Crippen LogP contribution in [0.4, 0.5) is 11.4 Å². The number of rotatable bonds is 3. The molecule has 0 fully saturated rings. The molecule has 0 aliphatic heterocycles. The summed E-state index contributed by atoms with van der Waals surface area (Å²) in [6.45, 7) is 0. The molecule has 0 aliphatic rings. The van der Waals surface area contributed by atoms with E-state index in [1.165, 1.54) is 12.3 Å². The topological polar surface area (TPSA) is 103 Å². The maximum absolute atomic E-state index is 10.9. The summed E-state index contributed by atoms with van der Waals surface area (Å²) in [6.07, 6.45) is 1.17. The molecular weight excluding hydrogens is 448 g/mol. The van der Waals surface area contributed by atoms with Gasteiger partial charge in [-0.3, -0.25) is 10.1 Å². The van der Waals surface area contributed by atoms with Crippen LogP contribution in [0.5, 0.6) is 0 Å². The molecule has 1 rings (SSSR count). The first-order valence-electron chi connectivity index (χ1n) is 4.51. The number of anilines is 1. The zero-order valence-corrected chi connectivity index (χ0v) is 13.7. The molecule has 0 amide bonds. The van der Waals surface area contributed by atoms with Gasteiger partial charge in [0.25, 0.3) is 5.69 Å². The molecule has 6 nitrogen and oxygen atoms in total. The lowest BCUT2D eigenvalue weighted by Gasteiger charge is -2.09. The van der Waals surface area contributed by atoms with Crippen LogP contribution in [0.3, 0.4) is 0 Å². The van der Waals surface area contributed by atoms with Crippen LogP contribution < -0.4 is 5.32 Å². The van der Waals surface area contributed by atoms with Crippen molar-refractivity contribution in [3.63, 3.8) is 0 Å². The molecule has 0 saturated carbocycles. The van der Waals surface area contributed by atoms with Gasteiger partial charge in [0.15, 0.2) is 0 Å². The highest BCUT2D eigenvalue weighted by atomic mass is 79.9. The highest BCUT2D eigenvalue weighted by Crippen LogP contribution is 2.43. The molecule has 0 saturated heterocycles. The van der Waals surface area contributed by atoms with Gasteiger partial charge in [-0.05, 0) is 53.9 Å². The smallest absolute Gasteiger partial charge is 0.299 e. The average molecular weight is 451 g/mol. The van der Waals surface area contributed by atoms with Crippen molar-refractivity contribution >= 4 is 59.2 Å². The van der Waals surface area contributed by atoms with Crippen LogP contribution in [0.1, 0.15) is 0 Å². The zero-order valence-electron chi connectivity index (χ0n) is 8.95. The molecule has 0 unspecified atom stereocenters. The summed E-state index contributed by atoms with van der Waals surface area (Å²) < 4.78 is 1.03. The van der Waals surface area contributed by atoms with E-state index in [0.717, 1.165) is 0 Å². The summed E-state index contributed by atoms with van der Waals surface area (Å²) in [5.74, 6) is 0. The summed E-state index contributed by atoms with van der Waals surface area (Å²) in [6, 6.07) is 4.84. The molecule has 0 heterocycles. The third-order valence-corrected chi connectivity index (χ3v) is 3.93. The fourth-order valence-corrected chi connectivity index (χ4v) is 3.75. The van der Waals surface area contributed by atoms with Gasteiger partial charge in [0.2, 0.25) is 0 Å². The van der Waals surface area contributed by atoms with Crippen molar-refractivity contribution in [3.05, 3.63) is 41.4 Å². The second-order valence-electron chi connectivity index (χ2n) is 3.06. The van der Waals surface area contributed by atoms with Gasteiger partial charge in [0, 0.05) is 10.7 Å². The summed E-state index contributed by atoms with van der Waals surface area (Å²) in [7, 11) is 0. The minimum atomic E-state index is -0.551. The molecule has 0 atom stereocenters. The van der Waals surface area contributed by atoms with E-state index in [4.69, 9.17) is 10.5 Å². The summed E-state index contributed by atoms with van der Waals surface area (Å²) >= 11 is 9.44. The summed E-state index contributed by atoms with van der Waals surface area (Å²) in [4.78, 5) is 10.4.